The molecular formula is C12H10Cl3F6O3P. The molecule has 0 fully saturated rings. The van der Waals surface area contributed by atoms with Gasteiger partial charge in [0.15, 0.2) is 5.85 Å². The third-order valence-electron chi connectivity index (χ3n) is 2.93. The van der Waals surface area contributed by atoms with Gasteiger partial charge in [-0.15, -0.1) is 0 Å². The Morgan fingerprint density at radius 3 is 1.96 bits per heavy atom. The molecule has 2 atom stereocenters. The minimum atomic E-state index is -5.76. The van der Waals surface area contributed by atoms with Crippen LogP contribution in [0.25, 0.3) is 0 Å². The molecule has 0 saturated carbocycles. The number of hydrogen-bond acceptors (Lipinski definition) is 3. The first-order valence-corrected chi connectivity index (χ1v) is 9.07. The van der Waals surface area contributed by atoms with E-state index in [2.05, 4.69) is 4.52 Å². The van der Waals surface area contributed by atoms with Gasteiger partial charge in [-0.05, 0) is 12.1 Å². The maximum absolute atomic E-state index is 13.4. The summed E-state index contributed by atoms with van der Waals surface area (Å²) in [5, 5.41) is 9.46. The van der Waals surface area contributed by atoms with E-state index in [1.54, 1.807) is 0 Å². The number of halogens is 9. The van der Waals surface area contributed by atoms with Crippen molar-refractivity contribution in [3.05, 3.63) is 30.3 Å². The zero-order valence-electron chi connectivity index (χ0n) is 11.9. The fourth-order valence-corrected chi connectivity index (χ4v) is 4.60. The molecule has 144 valence electrons. The van der Waals surface area contributed by atoms with Crippen LogP contribution in [-0.4, -0.2) is 39.6 Å². The topological polar surface area (TPSA) is 46.5 Å². The third kappa shape index (κ3) is 4.96. The minimum absolute atomic E-state index is 0.440. The fourth-order valence-electron chi connectivity index (χ4n) is 1.55. The molecule has 1 rings (SSSR count). The van der Waals surface area contributed by atoms with Gasteiger partial charge in [-0.2, -0.15) is 17.6 Å². The Labute approximate surface area is 153 Å². The van der Waals surface area contributed by atoms with E-state index in [1.807, 2.05) is 0 Å². The highest BCUT2D eigenvalue weighted by atomic mass is 35.6. The SMILES string of the molecule is O=P(OCC(F)(F)C(F)(F)C(F)F)(c1ccccc1)C(O)C(Cl)(Cl)Cl. The van der Waals surface area contributed by atoms with E-state index in [1.165, 1.54) is 18.2 Å². The Hall–Kier alpha value is -0.180. The summed E-state index contributed by atoms with van der Waals surface area (Å²) >= 11 is 16.1. The molecule has 3 nitrogen and oxygen atoms in total. The lowest BCUT2D eigenvalue weighted by Crippen LogP contribution is -2.49. The van der Waals surface area contributed by atoms with Crippen molar-refractivity contribution in [3.8, 4) is 0 Å². The van der Waals surface area contributed by atoms with Gasteiger partial charge in [0, 0.05) is 5.30 Å². The second-order valence-corrected chi connectivity index (χ2v) is 9.58. The number of benzene rings is 1. The van der Waals surface area contributed by atoms with Crippen molar-refractivity contribution in [1.29, 1.82) is 0 Å². The summed E-state index contributed by atoms with van der Waals surface area (Å²) in [4.78, 5) is 0. The second kappa shape index (κ2) is 7.82. The first kappa shape index (κ1) is 22.9. The molecule has 0 spiro atoms. The van der Waals surface area contributed by atoms with E-state index in [-0.39, 0.29) is 0 Å². The van der Waals surface area contributed by atoms with Crippen molar-refractivity contribution < 1.29 is 40.5 Å². The van der Waals surface area contributed by atoms with E-state index in [0.717, 1.165) is 12.1 Å². The van der Waals surface area contributed by atoms with Crippen LogP contribution in [0.4, 0.5) is 26.3 Å². The number of aliphatic hydroxyl groups is 1. The summed E-state index contributed by atoms with van der Waals surface area (Å²) in [6.07, 6.45) is -4.71. The van der Waals surface area contributed by atoms with Crippen LogP contribution in [0.1, 0.15) is 0 Å². The molecular weight excluding hydrogens is 443 g/mol. The zero-order chi connectivity index (χ0) is 19.7. The number of alkyl halides is 9. The number of aliphatic hydroxyl groups excluding tert-OH is 1. The van der Waals surface area contributed by atoms with E-state index < -0.39 is 47.2 Å². The third-order valence-corrected chi connectivity index (χ3v) is 6.57. The smallest absolute Gasteiger partial charge is 0.371 e. The maximum atomic E-state index is 13.4. The summed E-state index contributed by atoms with van der Waals surface area (Å²) < 4.78 is 91.3. The van der Waals surface area contributed by atoms with Crippen LogP contribution in [0.2, 0.25) is 0 Å². The van der Waals surface area contributed by atoms with Crippen LogP contribution in [0.3, 0.4) is 0 Å². The van der Waals surface area contributed by atoms with Crippen molar-refractivity contribution in [2.45, 2.75) is 27.9 Å². The van der Waals surface area contributed by atoms with Crippen molar-refractivity contribution in [2.75, 3.05) is 6.61 Å². The van der Waals surface area contributed by atoms with Crippen LogP contribution < -0.4 is 5.30 Å². The molecule has 0 heterocycles. The van der Waals surface area contributed by atoms with Crippen LogP contribution in [-0.2, 0) is 9.09 Å². The quantitative estimate of drug-likeness (QED) is 0.365. The Balaban J connectivity index is 3.23. The van der Waals surface area contributed by atoms with E-state index in [4.69, 9.17) is 34.8 Å². The summed E-state index contributed by atoms with van der Waals surface area (Å²) in [5.74, 6) is -13.7. The first-order valence-electron chi connectivity index (χ1n) is 6.24. The highest BCUT2D eigenvalue weighted by molar-refractivity contribution is 7.67. The Kier molecular flexibility index (Phi) is 7.15. The Bertz CT molecular complexity index is 626. The number of hydrogen-bond donors (Lipinski definition) is 1. The van der Waals surface area contributed by atoms with Crippen LogP contribution in [0.15, 0.2) is 30.3 Å². The van der Waals surface area contributed by atoms with Gasteiger partial charge in [-0.25, -0.2) is 8.78 Å². The van der Waals surface area contributed by atoms with Crippen molar-refractivity contribution in [2.24, 2.45) is 0 Å². The van der Waals surface area contributed by atoms with Gasteiger partial charge in [0.1, 0.15) is 6.61 Å². The molecule has 0 saturated heterocycles. The molecule has 13 heteroatoms. The molecule has 1 N–H and O–H groups in total. The standard InChI is InChI=1S/C12H10Cl3F6O3P/c13-12(14,15)9(22)25(23,7-4-2-1-3-5-7)24-6-10(18,19)11(20,21)8(16)17/h1-5,8-9,22H,6H2. The molecule has 0 aromatic heterocycles. The predicted molar refractivity (Wildman–Crippen MR) is 81.8 cm³/mol. The predicted octanol–water partition coefficient (Wildman–Crippen LogP) is 4.83. The molecule has 0 aliphatic rings. The summed E-state index contributed by atoms with van der Waals surface area (Å²) in [6.45, 7) is -2.41. The monoisotopic (exact) mass is 452 g/mol. The van der Waals surface area contributed by atoms with Gasteiger partial charge < -0.3 is 9.63 Å². The van der Waals surface area contributed by atoms with E-state index >= 15 is 0 Å². The van der Waals surface area contributed by atoms with Gasteiger partial charge in [-0.3, -0.25) is 4.57 Å². The van der Waals surface area contributed by atoms with Crippen LogP contribution >= 0.6 is 42.2 Å². The van der Waals surface area contributed by atoms with Gasteiger partial charge in [-0.1, -0.05) is 53.0 Å². The maximum Gasteiger partial charge on any atom is 0.371 e. The van der Waals surface area contributed by atoms with Crippen molar-refractivity contribution >= 4 is 47.5 Å². The summed E-state index contributed by atoms with van der Waals surface area (Å²) in [7, 11) is -4.88. The first-order chi connectivity index (χ1) is 11.2. The fraction of sp³-hybridized carbons (Fsp3) is 0.500. The van der Waals surface area contributed by atoms with Crippen molar-refractivity contribution in [1.82, 2.24) is 0 Å². The van der Waals surface area contributed by atoms with E-state index in [9.17, 15) is 36.0 Å². The molecule has 0 radical (unpaired) electrons. The molecule has 0 aliphatic carbocycles. The van der Waals surface area contributed by atoms with Gasteiger partial charge in [0.25, 0.3) is 7.37 Å². The van der Waals surface area contributed by atoms with Crippen LogP contribution in [0.5, 0.6) is 0 Å². The van der Waals surface area contributed by atoms with Crippen LogP contribution in [0, 0.1) is 0 Å². The molecule has 2 unspecified atom stereocenters. The summed E-state index contributed by atoms with van der Waals surface area (Å²) in [5.41, 5.74) is 0. The van der Waals surface area contributed by atoms with Crippen molar-refractivity contribution in [3.63, 3.8) is 0 Å². The lowest BCUT2D eigenvalue weighted by atomic mass is 10.2. The molecule has 0 aliphatic heterocycles. The number of rotatable bonds is 7. The van der Waals surface area contributed by atoms with Gasteiger partial charge >= 0.3 is 18.3 Å². The van der Waals surface area contributed by atoms with Gasteiger partial charge in [0.2, 0.25) is 3.79 Å². The molecule has 1 aromatic rings. The largest absolute Gasteiger partial charge is 0.379 e. The normalized spacial score (nSPS) is 17.4. The Morgan fingerprint density at radius 2 is 1.56 bits per heavy atom. The highest BCUT2D eigenvalue weighted by Crippen LogP contribution is 2.58. The average Bonchev–Trinajstić information content (AvgIpc) is 2.51. The molecule has 0 bridgehead atoms. The lowest BCUT2D eigenvalue weighted by molar-refractivity contribution is -0.271. The Morgan fingerprint density at radius 1 is 1.08 bits per heavy atom. The second-order valence-electron chi connectivity index (χ2n) is 4.75. The minimum Gasteiger partial charge on any atom is -0.379 e. The lowest BCUT2D eigenvalue weighted by Gasteiger charge is -2.31. The molecule has 0 amide bonds. The summed E-state index contributed by atoms with van der Waals surface area (Å²) in [6, 6.07) is 5.98. The average molecular weight is 454 g/mol. The molecule has 1 aromatic carbocycles. The zero-order valence-corrected chi connectivity index (χ0v) is 15.0. The van der Waals surface area contributed by atoms with E-state index in [0.29, 0.717) is 0 Å². The molecule has 25 heavy (non-hydrogen) atoms. The highest BCUT2D eigenvalue weighted by Gasteiger charge is 2.64. The van der Waals surface area contributed by atoms with Gasteiger partial charge in [0.05, 0.1) is 0 Å².